The molecule has 2 saturated carbocycles. The molecule has 7 aromatic carbocycles. The molecule has 0 radical (unpaired) electrons. The summed E-state index contributed by atoms with van der Waals surface area (Å²) in [5, 5.41) is 7.71. The molecular formula is C77H70O2. The van der Waals surface area contributed by atoms with E-state index < -0.39 is 0 Å². The SMILES string of the molecule is CC1(C)C2=C(c3cc4c(cc31)C1C=C3C(=CC1C4(C)C)c1c(cc(-c4cccc5oc6c(C7CCCCC7)cccc6c45)c4ccccc14)C3(C)C)C1CC=CC=C1C(c1cccc3oc4c(C5CCCCC5)cccc4c13)=C2. The van der Waals surface area contributed by atoms with Gasteiger partial charge in [-0.2, -0.15) is 0 Å². The number of benzene rings is 7. The van der Waals surface area contributed by atoms with E-state index in [9.17, 15) is 0 Å². The van der Waals surface area contributed by atoms with Crippen LogP contribution in [-0.2, 0) is 16.2 Å². The average Bonchev–Trinajstić information content (AvgIpc) is 4.03. The summed E-state index contributed by atoms with van der Waals surface area (Å²) in [4.78, 5) is 0. The Balaban J connectivity index is 0.786. The van der Waals surface area contributed by atoms with Crippen LogP contribution in [0, 0.1) is 11.8 Å². The quantitative estimate of drug-likeness (QED) is 0.176. The van der Waals surface area contributed by atoms with Crippen LogP contribution < -0.4 is 0 Å². The number of hydrogen-bond acceptors (Lipinski definition) is 2. The molecule has 2 heterocycles. The Morgan fingerprint density at radius 3 is 1.78 bits per heavy atom. The van der Waals surface area contributed by atoms with Crippen LogP contribution in [-0.4, -0.2) is 0 Å². The zero-order chi connectivity index (χ0) is 52.8. The molecule has 390 valence electrons. The molecule has 9 aromatic rings. The van der Waals surface area contributed by atoms with Crippen molar-refractivity contribution in [2.24, 2.45) is 11.8 Å². The van der Waals surface area contributed by atoms with E-state index in [1.54, 1.807) is 5.57 Å². The Bertz CT molecular complexity index is 4390. The molecule has 0 aliphatic heterocycles. The van der Waals surface area contributed by atoms with Crippen LogP contribution in [0.2, 0.25) is 0 Å². The third-order valence-electron chi connectivity index (χ3n) is 21.9. The number of fused-ring (bicyclic) bond motifs is 18. The molecule has 17 rings (SSSR count). The predicted octanol–water partition coefficient (Wildman–Crippen LogP) is 21.4. The monoisotopic (exact) mass is 1030 g/mol. The normalized spacial score (nSPS) is 23.5. The molecule has 0 spiro atoms. The first-order chi connectivity index (χ1) is 38.5. The van der Waals surface area contributed by atoms with Gasteiger partial charge in [0.2, 0.25) is 0 Å². The van der Waals surface area contributed by atoms with Crippen molar-refractivity contribution in [1.29, 1.82) is 0 Å². The highest BCUT2D eigenvalue weighted by atomic mass is 16.3. The lowest BCUT2D eigenvalue weighted by Crippen LogP contribution is -2.27. The van der Waals surface area contributed by atoms with Gasteiger partial charge in [0, 0.05) is 44.2 Å². The second-order valence-corrected chi connectivity index (χ2v) is 27.0. The van der Waals surface area contributed by atoms with E-state index in [1.165, 1.54) is 186 Å². The lowest BCUT2D eigenvalue weighted by atomic mass is 9.69. The molecule has 79 heavy (non-hydrogen) atoms. The minimum atomic E-state index is -0.200. The lowest BCUT2D eigenvalue weighted by molar-refractivity contribution is 0.393. The largest absolute Gasteiger partial charge is 0.456 e. The topological polar surface area (TPSA) is 26.3 Å². The molecule has 2 fully saturated rings. The van der Waals surface area contributed by atoms with E-state index >= 15 is 0 Å². The summed E-state index contributed by atoms with van der Waals surface area (Å²) < 4.78 is 13.9. The van der Waals surface area contributed by atoms with Gasteiger partial charge < -0.3 is 8.83 Å². The summed E-state index contributed by atoms with van der Waals surface area (Å²) in [5.74, 6) is 2.05. The van der Waals surface area contributed by atoms with E-state index in [1.807, 2.05) is 0 Å². The van der Waals surface area contributed by atoms with Crippen LogP contribution in [0.3, 0.4) is 0 Å². The van der Waals surface area contributed by atoms with Crippen molar-refractivity contribution < 1.29 is 8.83 Å². The number of hydrogen-bond donors (Lipinski definition) is 0. The van der Waals surface area contributed by atoms with Crippen LogP contribution in [0.1, 0.15) is 180 Å². The van der Waals surface area contributed by atoms with Crippen molar-refractivity contribution in [3.63, 3.8) is 0 Å². The van der Waals surface area contributed by atoms with Crippen LogP contribution in [0.4, 0.5) is 0 Å². The zero-order valence-corrected chi connectivity index (χ0v) is 46.9. The molecule has 3 unspecified atom stereocenters. The second-order valence-electron chi connectivity index (χ2n) is 27.0. The van der Waals surface area contributed by atoms with E-state index in [2.05, 4.69) is 193 Å². The molecule has 0 N–H and O–H groups in total. The molecule has 0 bridgehead atoms. The average molecular weight is 1030 g/mol. The molecule has 0 saturated heterocycles. The van der Waals surface area contributed by atoms with Crippen LogP contribution in [0.15, 0.2) is 177 Å². The van der Waals surface area contributed by atoms with Crippen molar-refractivity contribution >= 4 is 71.4 Å². The maximum absolute atomic E-state index is 6.95. The molecule has 3 atom stereocenters. The minimum absolute atomic E-state index is 0.0795. The first kappa shape index (κ1) is 46.7. The van der Waals surface area contributed by atoms with Gasteiger partial charge in [-0.05, 0) is 185 Å². The third-order valence-corrected chi connectivity index (χ3v) is 21.9. The van der Waals surface area contributed by atoms with Gasteiger partial charge in [-0.25, -0.2) is 0 Å². The number of allylic oxidation sites excluding steroid dienone is 12. The summed E-state index contributed by atoms with van der Waals surface area (Å²) in [7, 11) is 0. The van der Waals surface area contributed by atoms with E-state index in [-0.39, 0.29) is 28.1 Å². The smallest absolute Gasteiger partial charge is 0.138 e. The van der Waals surface area contributed by atoms with Gasteiger partial charge in [0.15, 0.2) is 0 Å². The van der Waals surface area contributed by atoms with Gasteiger partial charge in [-0.1, -0.05) is 208 Å². The Kier molecular flexibility index (Phi) is 9.74. The zero-order valence-electron chi connectivity index (χ0n) is 46.9. The third kappa shape index (κ3) is 6.30. The summed E-state index contributed by atoms with van der Waals surface area (Å²) >= 11 is 0. The molecular weight excluding hydrogens is 957 g/mol. The van der Waals surface area contributed by atoms with Gasteiger partial charge >= 0.3 is 0 Å². The molecule has 8 aliphatic carbocycles. The fraction of sp³-hybridized carbons (Fsp3) is 0.325. The number of para-hydroxylation sites is 2. The van der Waals surface area contributed by atoms with E-state index in [0.717, 1.165) is 28.8 Å². The van der Waals surface area contributed by atoms with Crippen LogP contribution in [0.5, 0.6) is 0 Å². The van der Waals surface area contributed by atoms with Crippen LogP contribution >= 0.6 is 0 Å². The van der Waals surface area contributed by atoms with Crippen molar-refractivity contribution in [3.8, 4) is 11.1 Å². The minimum Gasteiger partial charge on any atom is -0.456 e. The summed E-state index contributed by atoms with van der Waals surface area (Å²) in [6, 6.07) is 44.8. The second kappa shape index (κ2) is 16.5. The highest BCUT2D eigenvalue weighted by Crippen LogP contribution is 2.65. The van der Waals surface area contributed by atoms with Gasteiger partial charge in [0.1, 0.15) is 22.3 Å². The fourth-order valence-electron chi connectivity index (χ4n) is 17.9. The Hall–Kier alpha value is -7.16. The van der Waals surface area contributed by atoms with Gasteiger partial charge in [0.25, 0.3) is 0 Å². The number of rotatable bonds is 4. The Morgan fingerprint density at radius 2 is 1.10 bits per heavy atom. The van der Waals surface area contributed by atoms with Gasteiger partial charge in [0.05, 0.1) is 0 Å². The highest BCUT2D eigenvalue weighted by Gasteiger charge is 2.53. The van der Waals surface area contributed by atoms with E-state index in [0.29, 0.717) is 17.8 Å². The highest BCUT2D eigenvalue weighted by molar-refractivity contribution is 6.18. The van der Waals surface area contributed by atoms with Gasteiger partial charge in [-0.3, -0.25) is 0 Å². The van der Waals surface area contributed by atoms with Crippen LogP contribution in [0.25, 0.3) is 82.5 Å². The summed E-state index contributed by atoms with van der Waals surface area (Å²) in [5.41, 5.74) is 28.1. The molecule has 2 aromatic heterocycles. The molecule has 0 amide bonds. The van der Waals surface area contributed by atoms with Crippen molar-refractivity contribution in [1.82, 2.24) is 0 Å². The first-order valence-electron chi connectivity index (χ1n) is 30.4. The van der Waals surface area contributed by atoms with E-state index in [4.69, 9.17) is 8.83 Å². The van der Waals surface area contributed by atoms with Crippen molar-refractivity contribution in [3.05, 3.63) is 219 Å². The molecule has 8 aliphatic rings. The predicted molar refractivity (Wildman–Crippen MR) is 330 cm³/mol. The first-order valence-corrected chi connectivity index (χ1v) is 30.4. The lowest BCUT2D eigenvalue weighted by Gasteiger charge is -2.34. The summed E-state index contributed by atoms with van der Waals surface area (Å²) in [6.07, 6.45) is 29.2. The number of furan rings is 2. The van der Waals surface area contributed by atoms with Crippen molar-refractivity contribution in [2.75, 3.05) is 0 Å². The fourth-order valence-corrected chi connectivity index (χ4v) is 17.9. The standard InChI is InChI=1S/C77H70O2/c1-75(2)61-41-59-63(76(3,4)65-37-55(47-25-13-15-27-49(47)69(59)65)51-31-19-35-67-71(51)53-33-17-29-45(73(53)78-67)43-21-9-7-10-22-43)39-57(61)58-40-64-60(42-62(58)75)70-50-28-16-14-26-48(50)56(38-66(70)77(64,5)6)52-32-20-36-68-72(52)54-34-18-30-46(74(54)79-68)44-23-11-8-12-24-44/h13-20,25-27,29-44,50,57,61H,7-12,21-24,28H2,1-6H3. The van der Waals surface area contributed by atoms with Gasteiger partial charge in [-0.15, -0.1) is 0 Å². The maximum Gasteiger partial charge on any atom is 0.138 e. The van der Waals surface area contributed by atoms with Crippen molar-refractivity contribution in [2.45, 2.75) is 146 Å². The maximum atomic E-state index is 6.95. The Labute approximate surface area is 465 Å². The molecule has 2 nitrogen and oxygen atoms in total. The molecule has 2 heteroatoms. The Morgan fingerprint density at radius 1 is 0.494 bits per heavy atom. The summed E-state index contributed by atoms with van der Waals surface area (Å²) in [6.45, 7) is 15.1.